The lowest BCUT2D eigenvalue weighted by Crippen LogP contribution is -2.30. The smallest absolute Gasteiger partial charge is 0.220 e. The van der Waals surface area contributed by atoms with E-state index in [1.54, 1.807) is 0 Å². The normalized spacial score (nSPS) is 11.5. The number of hydrogen-bond acceptors (Lipinski definition) is 2. The molecule has 0 aromatic carbocycles. The van der Waals surface area contributed by atoms with Gasteiger partial charge in [0.05, 0.1) is 6.61 Å². The number of carbonyl (C=O) groups excluding carboxylic acids is 1. The Kier molecular flexibility index (Phi) is 7.39. The second-order valence-electron chi connectivity index (χ2n) is 5.05. The van der Waals surface area contributed by atoms with Crippen LogP contribution in [0.1, 0.15) is 47.0 Å². The SMILES string of the molecule is CCCCOCCNC(=O)CC(C)(C)C. The molecular formula is C12H25NO2. The maximum absolute atomic E-state index is 11.4. The van der Waals surface area contributed by atoms with Crippen LogP contribution in [0.3, 0.4) is 0 Å². The Labute approximate surface area is 93.6 Å². The minimum atomic E-state index is 0.0626. The van der Waals surface area contributed by atoms with Gasteiger partial charge < -0.3 is 10.1 Å². The van der Waals surface area contributed by atoms with Crippen molar-refractivity contribution in [3.05, 3.63) is 0 Å². The number of amides is 1. The van der Waals surface area contributed by atoms with Gasteiger partial charge in [0.1, 0.15) is 0 Å². The van der Waals surface area contributed by atoms with Crippen LogP contribution >= 0.6 is 0 Å². The Morgan fingerprint density at radius 2 is 1.93 bits per heavy atom. The molecular weight excluding hydrogens is 190 g/mol. The summed E-state index contributed by atoms with van der Waals surface area (Å²) in [5.74, 6) is 0.113. The van der Waals surface area contributed by atoms with Gasteiger partial charge in [-0.05, 0) is 11.8 Å². The van der Waals surface area contributed by atoms with E-state index in [4.69, 9.17) is 4.74 Å². The molecule has 0 spiro atoms. The van der Waals surface area contributed by atoms with Gasteiger partial charge in [0, 0.05) is 19.6 Å². The number of carbonyl (C=O) groups is 1. The van der Waals surface area contributed by atoms with E-state index in [2.05, 4.69) is 33.0 Å². The third kappa shape index (κ3) is 11.4. The Hall–Kier alpha value is -0.570. The molecule has 0 saturated carbocycles. The third-order valence-electron chi connectivity index (χ3n) is 1.90. The summed E-state index contributed by atoms with van der Waals surface area (Å²) in [6.07, 6.45) is 2.81. The van der Waals surface area contributed by atoms with Crippen molar-refractivity contribution in [2.45, 2.75) is 47.0 Å². The fourth-order valence-electron chi connectivity index (χ4n) is 1.16. The first-order valence-corrected chi connectivity index (χ1v) is 5.80. The van der Waals surface area contributed by atoms with Crippen LogP contribution in [0.25, 0.3) is 0 Å². The number of unbranched alkanes of at least 4 members (excludes halogenated alkanes) is 1. The van der Waals surface area contributed by atoms with Crippen LogP contribution in [-0.2, 0) is 9.53 Å². The Morgan fingerprint density at radius 3 is 2.47 bits per heavy atom. The summed E-state index contributed by atoms with van der Waals surface area (Å²) in [4.78, 5) is 11.4. The first-order chi connectivity index (χ1) is 6.95. The topological polar surface area (TPSA) is 38.3 Å². The lowest BCUT2D eigenvalue weighted by Gasteiger charge is -2.17. The summed E-state index contributed by atoms with van der Waals surface area (Å²) in [6.45, 7) is 10.4. The van der Waals surface area contributed by atoms with Crippen molar-refractivity contribution in [3.8, 4) is 0 Å². The summed E-state index contributed by atoms with van der Waals surface area (Å²) in [6, 6.07) is 0. The Bertz CT molecular complexity index is 173. The molecule has 0 bridgehead atoms. The molecule has 3 nitrogen and oxygen atoms in total. The molecule has 1 N–H and O–H groups in total. The molecule has 0 heterocycles. The number of nitrogens with one attached hydrogen (secondary N) is 1. The summed E-state index contributed by atoms with van der Waals surface area (Å²) in [5, 5.41) is 2.85. The van der Waals surface area contributed by atoms with Gasteiger partial charge in [0.2, 0.25) is 5.91 Å². The minimum Gasteiger partial charge on any atom is -0.380 e. The molecule has 1 amide bonds. The molecule has 0 aliphatic heterocycles. The molecule has 0 aliphatic carbocycles. The van der Waals surface area contributed by atoms with Crippen LogP contribution in [0.5, 0.6) is 0 Å². The zero-order valence-electron chi connectivity index (χ0n) is 10.6. The van der Waals surface area contributed by atoms with Crippen molar-refractivity contribution in [2.24, 2.45) is 5.41 Å². The fourth-order valence-corrected chi connectivity index (χ4v) is 1.16. The predicted octanol–water partition coefficient (Wildman–Crippen LogP) is 2.36. The molecule has 3 heteroatoms. The van der Waals surface area contributed by atoms with Crippen molar-refractivity contribution in [2.75, 3.05) is 19.8 Å². The second kappa shape index (κ2) is 7.69. The molecule has 0 atom stereocenters. The van der Waals surface area contributed by atoms with Crippen molar-refractivity contribution in [3.63, 3.8) is 0 Å². The lowest BCUT2D eigenvalue weighted by molar-refractivity contribution is -0.123. The molecule has 0 aliphatic rings. The molecule has 0 unspecified atom stereocenters. The van der Waals surface area contributed by atoms with E-state index >= 15 is 0 Å². The number of hydrogen-bond donors (Lipinski definition) is 1. The van der Waals surface area contributed by atoms with Crippen LogP contribution in [0, 0.1) is 5.41 Å². The largest absolute Gasteiger partial charge is 0.380 e. The van der Waals surface area contributed by atoms with E-state index in [1.807, 2.05) is 0 Å². The maximum Gasteiger partial charge on any atom is 0.220 e. The van der Waals surface area contributed by atoms with Crippen LogP contribution in [0.4, 0.5) is 0 Å². The van der Waals surface area contributed by atoms with Gasteiger partial charge in [0.25, 0.3) is 0 Å². The first kappa shape index (κ1) is 14.4. The lowest BCUT2D eigenvalue weighted by atomic mass is 9.92. The highest BCUT2D eigenvalue weighted by atomic mass is 16.5. The summed E-state index contributed by atoms with van der Waals surface area (Å²) in [7, 11) is 0. The van der Waals surface area contributed by atoms with Gasteiger partial charge in [-0.1, -0.05) is 34.1 Å². The molecule has 0 rings (SSSR count). The molecule has 15 heavy (non-hydrogen) atoms. The average Bonchev–Trinajstić information content (AvgIpc) is 2.08. The van der Waals surface area contributed by atoms with E-state index in [1.165, 1.54) is 0 Å². The van der Waals surface area contributed by atoms with Gasteiger partial charge in [0.15, 0.2) is 0 Å². The van der Waals surface area contributed by atoms with Crippen molar-refractivity contribution >= 4 is 5.91 Å². The third-order valence-corrected chi connectivity index (χ3v) is 1.90. The Balaban J connectivity index is 3.32. The molecule has 0 radical (unpaired) electrons. The fraction of sp³-hybridized carbons (Fsp3) is 0.917. The van der Waals surface area contributed by atoms with Gasteiger partial charge in [-0.2, -0.15) is 0 Å². The monoisotopic (exact) mass is 215 g/mol. The van der Waals surface area contributed by atoms with Crippen molar-refractivity contribution in [1.29, 1.82) is 0 Å². The quantitative estimate of drug-likeness (QED) is 0.662. The predicted molar refractivity (Wildman–Crippen MR) is 62.8 cm³/mol. The number of rotatable bonds is 7. The van der Waals surface area contributed by atoms with Gasteiger partial charge in [-0.15, -0.1) is 0 Å². The zero-order valence-corrected chi connectivity index (χ0v) is 10.6. The number of ether oxygens (including phenoxy) is 1. The van der Waals surface area contributed by atoms with Gasteiger partial charge in [-0.25, -0.2) is 0 Å². The summed E-state index contributed by atoms with van der Waals surface area (Å²) in [5.41, 5.74) is 0.0626. The van der Waals surface area contributed by atoms with E-state index < -0.39 is 0 Å². The Morgan fingerprint density at radius 1 is 1.27 bits per heavy atom. The highest BCUT2D eigenvalue weighted by Gasteiger charge is 2.14. The second-order valence-corrected chi connectivity index (χ2v) is 5.05. The standard InChI is InChI=1S/C12H25NO2/c1-5-6-8-15-9-7-13-11(14)10-12(2,3)4/h5-10H2,1-4H3,(H,13,14). The summed E-state index contributed by atoms with van der Waals surface area (Å²) < 4.78 is 5.34. The average molecular weight is 215 g/mol. The highest BCUT2D eigenvalue weighted by molar-refractivity contribution is 5.76. The molecule has 0 aromatic heterocycles. The van der Waals surface area contributed by atoms with Crippen molar-refractivity contribution < 1.29 is 9.53 Å². The molecule has 0 fully saturated rings. The van der Waals surface area contributed by atoms with E-state index in [9.17, 15) is 4.79 Å². The maximum atomic E-state index is 11.4. The highest BCUT2D eigenvalue weighted by Crippen LogP contribution is 2.17. The van der Waals surface area contributed by atoms with Gasteiger partial charge in [-0.3, -0.25) is 4.79 Å². The van der Waals surface area contributed by atoms with Crippen LogP contribution < -0.4 is 5.32 Å². The summed E-state index contributed by atoms with van der Waals surface area (Å²) >= 11 is 0. The molecule has 0 saturated heterocycles. The molecule has 0 aromatic rings. The molecule has 90 valence electrons. The first-order valence-electron chi connectivity index (χ1n) is 5.80. The van der Waals surface area contributed by atoms with Crippen LogP contribution in [-0.4, -0.2) is 25.7 Å². The van der Waals surface area contributed by atoms with E-state index in [-0.39, 0.29) is 11.3 Å². The van der Waals surface area contributed by atoms with Crippen molar-refractivity contribution in [1.82, 2.24) is 5.32 Å². The van der Waals surface area contributed by atoms with Gasteiger partial charge >= 0.3 is 0 Å². The van der Waals surface area contributed by atoms with Crippen LogP contribution in [0.15, 0.2) is 0 Å². The minimum absolute atomic E-state index is 0.0626. The van der Waals surface area contributed by atoms with E-state index in [0.717, 1.165) is 19.4 Å². The zero-order chi connectivity index (χ0) is 11.7. The van der Waals surface area contributed by atoms with Crippen LogP contribution in [0.2, 0.25) is 0 Å². The van der Waals surface area contributed by atoms with E-state index in [0.29, 0.717) is 19.6 Å².